The highest BCUT2D eigenvalue weighted by molar-refractivity contribution is 6.31. The van der Waals surface area contributed by atoms with Crippen molar-refractivity contribution < 1.29 is 4.74 Å². The fraction of sp³-hybridized carbons (Fsp3) is 0.294. The van der Waals surface area contributed by atoms with Gasteiger partial charge in [-0.1, -0.05) is 48.0 Å². The molecule has 2 unspecified atom stereocenters. The summed E-state index contributed by atoms with van der Waals surface area (Å²) in [6.45, 7) is 2.95. The van der Waals surface area contributed by atoms with E-state index in [0.29, 0.717) is 0 Å². The molecule has 0 amide bonds. The van der Waals surface area contributed by atoms with Crippen LogP contribution in [0.1, 0.15) is 24.1 Å². The van der Waals surface area contributed by atoms with Gasteiger partial charge in [0.25, 0.3) is 0 Å². The molecule has 0 aliphatic carbocycles. The molecule has 1 heterocycles. The van der Waals surface area contributed by atoms with Gasteiger partial charge in [0.15, 0.2) is 0 Å². The first-order valence-corrected chi connectivity index (χ1v) is 7.34. The Morgan fingerprint density at radius 1 is 1.20 bits per heavy atom. The molecule has 1 N–H and O–H groups in total. The van der Waals surface area contributed by atoms with Gasteiger partial charge in [-0.15, -0.1) is 0 Å². The van der Waals surface area contributed by atoms with Crippen molar-refractivity contribution in [3.63, 3.8) is 0 Å². The van der Waals surface area contributed by atoms with E-state index in [0.717, 1.165) is 29.3 Å². The summed E-state index contributed by atoms with van der Waals surface area (Å²) in [5.74, 6) is 1.02. The quantitative estimate of drug-likeness (QED) is 0.918. The Kier molecular flexibility index (Phi) is 3.95. The molecule has 1 aliphatic rings. The molecule has 0 fully saturated rings. The molecule has 2 aromatic rings. The van der Waals surface area contributed by atoms with E-state index in [9.17, 15) is 0 Å². The van der Waals surface area contributed by atoms with Crippen LogP contribution < -0.4 is 10.1 Å². The molecule has 0 aromatic heterocycles. The Hall–Kier alpha value is -1.51. The zero-order valence-electron chi connectivity index (χ0n) is 11.5. The van der Waals surface area contributed by atoms with Crippen LogP contribution in [0.5, 0.6) is 5.75 Å². The zero-order chi connectivity index (χ0) is 13.9. The lowest BCUT2D eigenvalue weighted by molar-refractivity contribution is 0.222. The Morgan fingerprint density at radius 3 is 2.75 bits per heavy atom. The maximum Gasteiger partial charge on any atom is 0.123 e. The zero-order valence-corrected chi connectivity index (χ0v) is 12.2. The molecule has 2 atom stereocenters. The van der Waals surface area contributed by atoms with Crippen molar-refractivity contribution in [2.75, 3.05) is 6.54 Å². The van der Waals surface area contributed by atoms with E-state index >= 15 is 0 Å². The lowest BCUT2D eigenvalue weighted by Crippen LogP contribution is -2.32. The monoisotopic (exact) mass is 287 g/mol. The normalized spacial score (nSPS) is 18.4. The molecule has 104 valence electrons. The van der Waals surface area contributed by atoms with E-state index in [1.54, 1.807) is 0 Å². The van der Waals surface area contributed by atoms with Crippen LogP contribution in [0.4, 0.5) is 0 Å². The number of rotatable bonds is 4. The first kappa shape index (κ1) is 13.5. The number of para-hydroxylation sites is 1. The van der Waals surface area contributed by atoms with Gasteiger partial charge in [0.2, 0.25) is 0 Å². The predicted octanol–water partition coefficient (Wildman–Crippen LogP) is 3.99. The maximum absolute atomic E-state index is 6.22. The van der Waals surface area contributed by atoms with Gasteiger partial charge in [0, 0.05) is 24.0 Å². The number of halogens is 1. The first-order valence-electron chi connectivity index (χ1n) is 6.96. The molecular weight excluding hydrogens is 270 g/mol. The summed E-state index contributed by atoms with van der Waals surface area (Å²) in [7, 11) is 0. The molecule has 2 aromatic carbocycles. The van der Waals surface area contributed by atoms with Crippen molar-refractivity contribution in [3.8, 4) is 5.75 Å². The van der Waals surface area contributed by atoms with Crippen LogP contribution >= 0.6 is 11.6 Å². The average molecular weight is 288 g/mol. The van der Waals surface area contributed by atoms with Gasteiger partial charge in [0.05, 0.1) is 0 Å². The minimum atomic E-state index is 0.206. The highest BCUT2D eigenvalue weighted by Crippen LogP contribution is 2.28. The number of fused-ring (bicyclic) bond motifs is 1. The molecule has 0 saturated heterocycles. The minimum Gasteiger partial charge on any atom is -0.488 e. The second kappa shape index (κ2) is 5.86. The fourth-order valence-electron chi connectivity index (χ4n) is 2.61. The smallest absolute Gasteiger partial charge is 0.123 e. The fourth-order valence-corrected chi connectivity index (χ4v) is 2.91. The number of nitrogens with one attached hydrogen (secondary N) is 1. The Morgan fingerprint density at radius 2 is 1.95 bits per heavy atom. The molecular formula is C17H18ClNO. The van der Waals surface area contributed by atoms with Gasteiger partial charge in [-0.2, -0.15) is 0 Å². The molecule has 1 aliphatic heterocycles. The lowest BCUT2D eigenvalue weighted by atomic mass is 10.1. The summed E-state index contributed by atoms with van der Waals surface area (Å²) in [5, 5.41) is 4.32. The van der Waals surface area contributed by atoms with Gasteiger partial charge in [-0.25, -0.2) is 0 Å². The second-order valence-electron chi connectivity index (χ2n) is 5.20. The van der Waals surface area contributed by atoms with Crippen molar-refractivity contribution in [2.45, 2.75) is 25.5 Å². The number of ether oxygens (including phenoxy) is 1. The van der Waals surface area contributed by atoms with Crippen LogP contribution in [0, 0.1) is 0 Å². The van der Waals surface area contributed by atoms with Crippen molar-refractivity contribution >= 4 is 11.6 Å². The van der Waals surface area contributed by atoms with Crippen molar-refractivity contribution in [3.05, 3.63) is 64.7 Å². The molecule has 0 spiro atoms. The molecule has 0 bridgehead atoms. The SMILES string of the molecule is CC(NCC1Cc2ccccc2O1)c1ccccc1Cl. The molecule has 2 nitrogen and oxygen atoms in total. The Bertz CT molecular complexity index is 574. The molecule has 20 heavy (non-hydrogen) atoms. The Labute approximate surface area is 124 Å². The molecule has 0 saturated carbocycles. The van der Waals surface area contributed by atoms with Gasteiger partial charge < -0.3 is 10.1 Å². The highest BCUT2D eigenvalue weighted by atomic mass is 35.5. The van der Waals surface area contributed by atoms with Gasteiger partial charge in [-0.05, 0) is 30.2 Å². The highest BCUT2D eigenvalue weighted by Gasteiger charge is 2.22. The second-order valence-corrected chi connectivity index (χ2v) is 5.61. The number of hydrogen-bond acceptors (Lipinski definition) is 2. The van der Waals surface area contributed by atoms with Gasteiger partial charge in [0.1, 0.15) is 11.9 Å². The van der Waals surface area contributed by atoms with E-state index in [1.165, 1.54) is 5.56 Å². The predicted molar refractivity (Wildman–Crippen MR) is 82.4 cm³/mol. The third-order valence-electron chi connectivity index (χ3n) is 3.74. The summed E-state index contributed by atoms with van der Waals surface area (Å²) in [6.07, 6.45) is 1.18. The molecule has 3 rings (SSSR count). The average Bonchev–Trinajstić information content (AvgIpc) is 2.88. The van der Waals surface area contributed by atoms with Gasteiger partial charge >= 0.3 is 0 Å². The molecule has 0 radical (unpaired) electrons. The minimum absolute atomic E-state index is 0.206. The molecule has 3 heteroatoms. The van der Waals surface area contributed by atoms with E-state index in [-0.39, 0.29) is 12.1 Å². The first-order chi connectivity index (χ1) is 9.74. The van der Waals surface area contributed by atoms with Crippen LogP contribution in [0.2, 0.25) is 5.02 Å². The third-order valence-corrected chi connectivity index (χ3v) is 4.08. The summed E-state index contributed by atoms with van der Waals surface area (Å²) in [4.78, 5) is 0. The van der Waals surface area contributed by atoms with Crippen LogP contribution in [-0.4, -0.2) is 12.6 Å². The summed E-state index contributed by atoms with van der Waals surface area (Å²) < 4.78 is 5.93. The number of hydrogen-bond donors (Lipinski definition) is 1. The van der Waals surface area contributed by atoms with E-state index in [4.69, 9.17) is 16.3 Å². The van der Waals surface area contributed by atoms with E-state index < -0.39 is 0 Å². The van der Waals surface area contributed by atoms with Crippen LogP contribution in [0.25, 0.3) is 0 Å². The van der Waals surface area contributed by atoms with E-state index in [1.807, 2.05) is 30.3 Å². The summed E-state index contributed by atoms with van der Waals surface area (Å²) in [6, 6.07) is 16.4. The van der Waals surface area contributed by atoms with Crippen LogP contribution in [0.15, 0.2) is 48.5 Å². The summed E-state index contributed by atoms with van der Waals surface area (Å²) >= 11 is 6.22. The maximum atomic E-state index is 6.22. The van der Waals surface area contributed by atoms with Gasteiger partial charge in [-0.3, -0.25) is 0 Å². The van der Waals surface area contributed by atoms with Crippen molar-refractivity contribution in [1.29, 1.82) is 0 Å². The topological polar surface area (TPSA) is 21.3 Å². The lowest BCUT2D eigenvalue weighted by Gasteiger charge is -2.18. The largest absolute Gasteiger partial charge is 0.488 e. The summed E-state index contributed by atoms with van der Waals surface area (Å²) in [5.41, 5.74) is 2.43. The standard InChI is InChI=1S/C17H18ClNO/c1-12(15-7-3-4-8-16(15)18)19-11-14-10-13-6-2-5-9-17(13)20-14/h2-9,12,14,19H,10-11H2,1H3. The van der Waals surface area contributed by atoms with Crippen molar-refractivity contribution in [1.82, 2.24) is 5.32 Å². The van der Waals surface area contributed by atoms with Crippen LogP contribution in [0.3, 0.4) is 0 Å². The number of benzene rings is 2. The van der Waals surface area contributed by atoms with Crippen molar-refractivity contribution in [2.24, 2.45) is 0 Å². The van der Waals surface area contributed by atoms with E-state index in [2.05, 4.69) is 30.4 Å². The van der Waals surface area contributed by atoms with Crippen LogP contribution in [-0.2, 0) is 6.42 Å². The Balaban J connectivity index is 1.58. The third kappa shape index (κ3) is 2.82.